The Labute approximate surface area is 199 Å². The summed E-state index contributed by atoms with van der Waals surface area (Å²) in [5.41, 5.74) is 4.56. The number of hydrogen-bond acceptors (Lipinski definition) is 2. The SMILES string of the molecule is Cc1ccccc1-c1cccc2c1cc(C(=O)O)n2C[C@@H](C)COc1cccc2ccccc12. The molecule has 4 heteroatoms. The van der Waals surface area contributed by atoms with Gasteiger partial charge in [-0.15, -0.1) is 0 Å². The van der Waals surface area contributed by atoms with Crippen molar-refractivity contribution in [1.29, 1.82) is 0 Å². The molecule has 0 fully saturated rings. The first-order valence-electron chi connectivity index (χ1n) is 11.5. The van der Waals surface area contributed by atoms with Crippen LogP contribution in [-0.2, 0) is 6.54 Å². The third-order valence-electron chi connectivity index (χ3n) is 6.37. The number of fused-ring (bicyclic) bond motifs is 2. The molecule has 1 heterocycles. The lowest BCUT2D eigenvalue weighted by atomic mass is 9.97. The van der Waals surface area contributed by atoms with Gasteiger partial charge in [-0.3, -0.25) is 0 Å². The lowest BCUT2D eigenvalue weighted by Gasteiger charge is -2.17. The van der Waals surface area contributed by atoms with E-state index in [1.165, 1.54) is 0 Å². The van der Waals surface area contributed by atoms with Crippen LogP contribution in [0.3, 0.4) is 0 Å². The number of rotatable bonds is 7. The Morgan fingerprint density at radius 2 is 1.59 bits per heavy atom. The van der Waals surface area contributed by atoms with Crippen molar-refractivity contribution < 1.29 is 14.6 Å². The van der Waals surface area contributed by atoms with E-state index in [4.69, 9.17) is 4.74 Å². The Morgan fingerprint density at radius 1 is 0.882 bits per heavy atom. The highest BCUT2D eigenvalue weighted by molar-refractivity contribution is 6.02. The van der Waals surface area contributed by atoms with E-state index in [1.54, 1.807) is 6.07 Å². The number of aromatic nitrogens is 1. The molecule has 1 N–H and O–H groups in total. The summed E-state index contributed by atoms with van der Waals surface area (Å²) in [5, 5.41) is 13.1. The molecule has 0 amide bonds. The number of carbonyl (C=O) groups is 1. The Hall–Kier alpha value is -4.05. The lowest BCUT2D eigenvalue weighted by molar-refractivity contribution is 0.0684. The van der Waals surface area contributed by atoms with Gasteiger partial charge in [0, 0.05) is 28.8 Å². The van der Waals surface area contributed by atoms with Crippen molar-refractivity contribution in [2.24, 2.45) is 5.92 Å². The zero-order valence-electron chi connectivity index (χ0n) is 19.4. The summed E-state index contributed by atoms with van der Waals surface area (Å²) in [6, 6.07) is 30.3. The fraction of sp³-hybridized carbons (Fsp3) is 0.167. The smallest absolute Gasteiger partial charge is 0.352 e. The van der Waals surface area contributed by atoms with Gasteiger partial charge in [0.1, 0.15) is 11.4 Å². The number of carboxylic acid groups (broad SMARTS) is 1. The molecule has 0 bridgehead atoms. The highest BCUT2D eigenvalue weighted by atomic mass is 16.5. The molecule has 5 aromatic rings. The molecule has 34 heavy (non-hydrogen) atoms. The molecule has 0 aliphatic rings. The molecule has 0 radical (unpaired) electrons. The molecule has 1 atom stereocenters. The predicted molar refractivity (Wildman–Crippen MR) is 138 cm³/mol. The summed E-state index contributed by atoms with van der Waals surface area (Å²) in [6.07, 6.45) is 0. The van der Waals surface area contributed by atoms with Crippen LogP contribution >= 0.6 is 0 Å². The predicted octanol–water partition coefficient (Wildman–Crippen LogP) is 7.18. The highest BCUT2D eigenvalue weighted by Crippen LogP contribution is 2.33. The van der Waals surface area contributed by atoms with Crippen molar-refractivity contribution in [3.8, 4) is 16.9 Å². The number of nitrogens with zero attached hydrogens (tertiary/aromatic N) is 1. The van der Waals surface area contributed by atoms with Crippen LogP contribution in [0, 0.1) is 12.8 Å². The summed E-state index contributed by atoms with van der Waals surface area (Å²) in [7, 11) is 0. The minimum absolute atomic E-state index is 0.106. The van der Waals surface area contributed by atoms with E-state index < -0.39 is 5.97 Å². The van der Waals surface area contributed by atoms with Crippen LogP contribution in [0.15, 0.2) is 91.0 Å². The second-order valence-corrected chi connectivity index (χ2v) is 8.89. The number of aryl methyl sites for hydroxylation is 1. The van der Waals surface area contributed by atoms with Crippen LogP contribution in [0.2, 0.25) is 0 Å². The zero-order chi connectivity index (χ0) is 23.7. The Bertz CT molecular complexity index is 1490. The molecule has 4 aromatic carbocycles. The van der Waals surface area contributed by atoms with Crippen molar-refractivity contribution in [2.75, 3.05) is 6.61 Å². The summed E-state index contributed by atoms with van der Waals surface area (Å²) in [4.78, 5) is 12.2. The van der Waals surface area contributed by atoms with Gasteiger partial charge in [-0.2, -0.15) is 0 Å². The van der Waals surface area contributed by atoms with Crippen LogP contribution in [0.1, 0.15) is 23.0 Å². The minimum atomic E-state index is -0.922. The van der Waals surface area contributed by atoms with Gasteiger partial charge in [0.05, 0.1) is 6.61 Å². The first-order chi connectivity index (χ1) is 16.5. The molecular weight excluding hydrogens is 422 g/mol. The van der Waals surface area contributed by atoms with Gasteiger partial charge in [-0.05, 0) is 47.2 Å². The van der Waals surface area contributed by atoms with Gasteiger partial charge >= 0.3 is 5.97 Å². The van der Waals surface area contributed by atoms with E-state index in [-0.39, 0.29) is 5.92 Å². The molecule has 0 saturated heterocycles. The maximum Gasteiger partial charge on any atom is 0.352 e. The second-order valence-electron chi connectivity index (χ2n) is 8.89. The van der Waals surface area contributed by atoms with Gasteiger partial charge in [-0.25, -0.2) is 4.79 Å². The quantitative estimate of drug-likeness (QED) is 0.286. The molecule has 4 nitrogen and oxygen atoms in total. The average Bonchev–Trinajstić information content (AvgIpc) is 3.22. The topological polar surface area (TPSA) is 51.5 Å². The van der Waals surface area contributed by atoms with Crippen molar-refractivity contribution in [3.63, 3.8) is 0 Å². The first-order valence-corrected chi connectivity index (χ1v) is 11.5. The number of hydrogen-bond donors (Lipinski definition) is 1. The van der Waals surface area contributed by atoms with E-state index in [9.17, 15) is 9.90 Å². The van der Waals surface area contributed by atoms with Gasteiger partial charge in [-0.1, -0.05) is 79.7 Å². The van der Waals surface area contributed by atoms with E-state index in [0.717, 1.165) is 44.1 Å². The van der Waals surface area contributed by atoms with Gasteiger partial charge < -0.3 is 14.4 Å². The highest BCUT2D eigenvalue weighted by Gasteiger charge is 2.19. The molecule has 5 rings (SSSR count). The monoisotopic (exact) mass is 449 g/mol. The second kappa shape index (κ2) is 9.06. The number of benzene rings is 4. The van der Waals surface area contributed by atoms with Crippen LogP contribution in [0.25, 0.3) is 32.8 Å². The van der Waals surface area contributed by atoms with Crippen molar-refractivity contribution in [1.82, 2.24) is 4.57 Å². The van der Waals surface area contributed by atoms with E-state index in [0.29, 0.717) is 18.8 Å². The fourth-order valence-corrected chi connectivity index (χ4v) is 4.69. The van der Waals surface area contributed by atoms with E-state index in [1.807, 2.05) is 53.1 Å². The summed E-state index contributed by atoms with van der Waals surface area (Å²) >= 11 is 0. The summed E-state index contributed by atoms with van der Waals surface area (Å²) in [5.74, 6) is 0.0338. The molecule has 0 saturated carbocycles. The number of aromatic carboxylic acids is 1. The molecule has 0 aliphatic carbocycles. The van der Waals surface area contributed by atoms with Crippen LogP contribution in [0.4, 0.5) is 0 Å². The van der Waals surface area contributed by atoms with Gasteiger partial charge in [0.15, 0.2) is 0 Å². The fourth-order valence-electron chi connectivity index (χ4n) is 4.69. The maximum absolute atomic E-state index is 12.2. The number of ether oxygens (including phenoxy) is 1. The van der Waals surface area contributed by atoms with Crippen LogP contribution in [-0.4, -0.2) is 22.2 Å². The summed E-state index contributed by atoms with van der Waals surface area (Å²) < 4.78 is 8.10. The maximum atomic E-state index is 12.2. The van der Waals surface area contributed by atoms with Crippen molar-refractivity contribution in [3.05, 3.63) is 102 Å². The van der Waals surface area contributed by atoms with Crippen molar-refractivity contribution in [2.45, 2.75) is 20.4 Å². The largest absolute Gasteiger partial charge is 0.493 e. The standard InChI is InChI=1S/C30H27NO3/c1-20(19-34-29-16-7-11-22-10-4-6-13-24(22)29)18-31-27-15-8-14-25(23-12-5-3-9-21(23)2)26(27)17-28(31)30(32)33/h3-17,20H,18-19H2,1-2H3,(H,32,33)/t20-/m1/s1. The molecule has 0 aliphatic heterocycles. The zero-order valence-corrected chi connectivity index (χ0v) is 19.4. The number of carboxylic acids is 1. The van der Waals surface area contributed by atoms with Crippen LogP contribution < -0.4 is 4.74 Å². The molecule has 0 unspecified atom stereocenters. The summed E-state index contributed by atoms with van der Waals surface area (Å²) in [6.45, 7) is 5.21. The Morgan fingerprint density at radius 3 is 2.41 bits per heavy atom. The molecule has 170 valence electrons. The Kier molecular flexibility index (Phi) is 5.81. The van der Waals surface area contributed by atoms with Crippen LogP contribution in [0.5, 0.6) is 5.75 Å². The third-order valence-corrected chi connectivity index (χ3v) is 6.37. The lowest BCUT2D eigenvalue weighted by Crippen LogP contribution is -2.18. The molecular formula is C30H27NO3. The van der Waals surface area contributed by atoms with E-state index in [2.05, 4.69) is 50.2 Å². The average molecular weight is 450 g/mol. The van der Waals surface area contributed by atoms with Crippen molar-refractivity contribution >= 4 is 27.6 Å². The molecule has 0 spiro atoms. The normalized spacial score (nSPS) is 12.2. The van der Waals surface area contributed by atoms with Gasteiger partial charge in [0.25, 0.3) is 0 Å². The van der Waals surface area contributed by atoms with E-state index >= 15 is 0 Å². The Balaban J connectivity index is 1.46. The molecule has 1 aromatic heterocycles. The van der Waals surface area contributed by atoms with Gasteiger partial charge in [0.2, 0.25) is 0 Å². The minimum Gasteiger partial charge on any atom is -0.493 e. The first kappa shape index (κ1) is 21.8. The third kappa shape index (κ3) is 4.03.